The van der Waals surface area contributed by atoms with Gasteiger partial charge in [0.25, 0.3) is 0 Å². The molecular weight excluding hydrogens is 484 g/mol. The van der Waals surface area contributed by atoms with Crippen molar-refractivity contribution in [3.63, 3.8) is 0 Å². The molecule has 0 aromatic rings. The first kappa shape index (κ1) is 23.6. The van der Waals surface area contributed by atoms with Gasteiger partial charge in [-0.3, -0.25) is 0 Å². The minimum Gasteiger partial charge on any atom is -0.394 e. The van der Waals surface area contributed by atoms with Crippen LogP contribution in [0.5, 0.6) is 0 Å². The van der Waals surface area contributed by atoms with Gasteiger partial charge in [0.15, 0.2) is 0 Å². The summed E-state index contributed by atoms with van der Waals surface area (Å²) in [5.74, 6) is 0. The van der Waals surface area contributed by atoms with Crippen LogP contribution in [0.1, 0.15) is 20.8 Å². The van der Waals surface area contributed by atoms with Crippen molar-refractivity contribution in [3.8, 4) is 0 Å². The molecule has 0 bridgehead atoms. The molecule has 0 aromatic carbocycles. The number of aliphatic hydroxyl groups excluding tert-OH is 4. The molecule has 1 aliphatic rings. The first-order chi connectivity index (χ1) is 8.92. The monoisotopic (exact) mass is 511 g/mol. The minimum absolute atomic E-state index is 0. The van der Waals surface area contributed by atoms with Crippen LogP contribution in [0.2, 0.25) is 0 Å². The van der Waals surface area contributed by atoms with E-state index < -0.39 is 36.5 Å². The summed E-state index contributed by atoms with van der Waals surface area (Å²) in [6.45, 7) is 6.46. The largest absolute Gasteiger partial charge is 3.00 e. The van der Waals surface area contributed by atoms with Crippen molar-refractivity contribution in [1.82, 2.24) is 0 Å². The van der Waals surface area contributed by atoms with E-state index in [1.54, 1.807) is 0 Å². The van der Waals surface area contributed by atoms with Gasteiger partial charge in [0.1, 0.15) is 29.9 Å². The smallest absolute Gasteiger partial charge is 0.394 e. The van der Waals surface area contributed by atoms with Crippen molar-refractivity contribution < 1.29 is 47.5 Å². The maximum absolute atomic E-state index is 9.20. The van der Waals surface area contributed by atoms with Crippen molar-refractivity contribution in [2.24, 2.45) is 0 Å². The van der Waals surface area contributed by atoms with Gasteiger partial charge < -0.3 is 25.2 Å². The van der Waals surface area contributed by atoms with Crippen LogP contribution in [-0.2, 0) is 27.1 Å². The maximum Gasteiger partial charge on any atom is 3.00 e. The molecular formula is C12H27AuO5PS+3. The SMILES string of the molecule is CCP(CC)CC.OC[C@H]1O[C@@H](S)[C@H](O)[C@@H](O)[C@@H]1O.[Au+3]. The van der Waals surface area contributed by atoms with E-state index in [0.717, 1.165) is 0 Å². The maximum atomic E-state index is 9.20. The third-order valence-corrected chi connectivity index (χ3v) is 6.32. The van der Waals surface area contributed by atoms with E-state index in [1.165, 1.54) is 18.5 Å². The van der Waals surface area contributed by atoms with Gasteiger partial charge in [-0.15, -0.1) is 20.6 Å². The molecule has 0 aliphatic carbocycles. The van der Waals surface area contributed by atoms with Crippen LogP contribution in [0.3, 0.4) is 0 Å². The summed E-state index contributed by atoms with van der Waals surface area (Å²) in [7, 11) is 0.446. The third-order valence-electron chi connectivity index (χ3n) is 3.21. The summed E-state index contributed by atoms with van der Waals surface area (Å²) >= 11 is 3.81. The Hall–Kier alpha value is 1.32. The molecule has 1 saturated heterocycles. The number of rotatable bonds is 4. The predicted molar refractivity (Wildman–Crippen MR) is 81.3 cm³/mol. The number of ether oxygens (including phenoxy) is 1. The van der Waals surface area contributed by atoms with Gasteiger partial charge in [-0.2, -0.15) is 0 Å². The van der Waals surface area contributed by atoms with E-state index in [-0.39, 0.29) is 22.4 Å². The molecule has 20 heavy (non-hydrogen) atoms. The normalized spacial score (nSPS) is 33.1. The van der Waals surface area contributed by atoms with E-state index in [2.05, 4.69) is 33.4 Å². The van der Waals surface area contributed by atoms with Crippen molar-refractivity contribution in [2.45, 2.75) is 50.6 Å². The molecule has 1 fully saturated rings. The van der Waals surface area contributed by atoms with Crippen LogP contribution in [0.15, 0.2) is 0 Å². The molecule has 124 valence electrons. The Bertz CT molecular complexity index is 226. The second kappa shape index (κ2) is 12.8. The van der Waals surface area contributed by atoms with Crippen molar-refractivity contribution >= 4 is 20.6 Å². The quantitative estimate of drug-likeness (QED) is 0.212. The minimum atomic E-state index is -1.32. The Morgan fingerprint density at radius 1 is 0.950 bits per heavy atom. The Morgan fingerprint density at radius 3 is 1.70 bits per heavy atom. The Morgan fingerprint density at radius 2 is 1.40 bits per heavy atom. The average molecular weight is 511 g/mol. The molecule has 0 saturated carbocycles. The van der Waals surface area contributed by atoms with Crippen LogP contribution in [-0.4, -0.2) is 75.4 Å². The van der Waals surface area contributed by atoms with Gasteiger partial charge in [0, 0.05) is 0 Å². The zero-order valence-corrected chi connectivity index (χ0v) is 16.1. The molecule has 4 N–H and O–H groups in total. The first-order valence-corrected chi connectivity index (χ1v) is 9.05. The Labute approximate surface area is 143 Å². The van der Waals surface area contributed by atoms with E-state index in [4.69, 9.17) is 14.9 Å². The van der Waals surface area contributed by atoms with Crippen LogP contribution in [0.4, 0.5) is 0 Å². The number of aliphatic hydroxyl groups is 4. The second-order valence-electron chi connectivity index (χ2n) is 4.34. The average Bonchev–Trinajstić information content (AvgIpc) is 2.43. The van der Waals surface area contributed by atoms with E-state index in [9.17, 15) is 10.2 Å². The molecule has 0 radical (unpaired) electrons. The molecule has 0 spiro atoms. The van der Waals surface area contributed by atoms with E-state index in [0.29, 0.717) is 7.92 Å². The van der Waals surface area contributed by atoms with Gasteiger partial charge >= 0.3 is 22.4 Å². The molecule has 1 aliphatic heterocycles. The fourth-order valence-corrected chi connectivity index (χ4v) is 3.43. The van der Waals surface area contributed by atoms with Gasteiger partial charge in [0.05, 0.1) is 6.61 Å². The first-order valence-electron chi connectivity index (χ1n) is 6.63. The second-order valence-corrected chi connectivity index (χ2v) is 8.09. The van der Waals surface area contributed by atoms with Crippen LogP contribution in [0, 0.1) is 0 Å². The number of thiol groups is 1. The number of hydrogen-bond donors (Lipinski definition) is 5. The third kappa shape index (κ3) is 7.54. The molecule has 0 aromatic heterocycles. The predicted octanol–water partition coefficient (Wildman–Crippen LogP) is 0.242. The zero-order chi connectivity index (χ0) is 15.0. The molecule has 5 nitrogen and oxygen atoms in total. The molecule has 8 heteroatoms. The molecule has 1 rings (SSSR count). The summed E-state index contributed by atoms with van der Waals surface area (Å²) < 4.78 is 4.88. The van der Waals surface area contributed by atoms with Gasteiger partial charge in [-0.1, -0.05) is 20.8 Å². The molecule has 1 heterocycles. The summed E-state index contributed by atoms with van der Waals surface area (Å²) in [5, 5.41) is 36.2. The van der Waals surface area contributed by atoms with Crippen molar-refractivity contribution in [3.05, 3.63) is 0 Å². The van der Waals surface area contributed by atoms with Crippen molar-refractivity contribution in [1.29, 1.82) is 0 Å². The molecule has 0 amide bonds. The van der Waals surface area contributed by atoms with Crippen LogP contribution in [0.25, 0.3) is 0 Å². The molecule has 0 unspecified atom stereocenters. The standard InChI is InChI=1S/C6H12O5S.C6H15P.Au/c7-1-2-3(8)4(9)5(10)6(12)11-2;1-4-7(5-2)6-3;/h2-10,12H,1H2;4-6H2,1-3H3;/q;;+3/t2-,3-,4+,5-,6+;;/m1../s1. The van der Waals surface area contributed by atoms with Gasteiger partial charge in [0.2, 0.25) is 0 Å². The number of hydrogen-bond acceptors (Lipinski definition) is 6. The fraction of sp³-hybridized carbons (Fsp3) is 1.00. The Kier molecular flexibility index (Phi) is 15.1. The van der Waals surface area contributed by atoms with E-state index in [1.807, 2.05) is 0 Å². The van der Waals surface area contributed by atoms with E-state index >= 15 is 0 Å². The van der Waals surface area contributed by atoms with Crippen molar-refractivity contribution in [2.75, 3.05) is 25.1 Å². The molecule has 5 atom stereocenters. The van der Waals surface area contributed by atoms with Crippen LogP contribution < -0.4 is 0 Å². The summed E-state index contributed by atoms with van der Waals surface area (Å²) in [5.41, 5.74) is -0.874. The van der Waals surface area contributed by atoms with Gasteiger partial charge in [-0.25, -0.2) is 0 Å². The summed E-state index contributed by atoms with van der Waals surface area (Å²) in [4.78, 5) is 0. The zero-order valence-electron chi connectivity index (χ0n) is 12.1. The topological polar surface area (TPSA) is 90.2 Å². The summed E-state index contributed by atoms with van der Waals surface area (Å²) in [6.07, 6.45) is -0.448. The Balaban J connectivity index is 0. The van der Waals surface area contributed by atoms with Gasteiger partial charge in [-0.05, 0) is 18.5 Å². The summed E-state index contributed by atoms with van der Waals surface area (Å²) in [6, 6.07) is 0. The fourth-order valence-electron chi connectivity index (χ4n) is 1.75. The van der Waals surface area contributed by atoms with Crippen LogP contribution >= 0.6 is 20.6 Å².